The Morgan fingerprint density at radius 1 is 1.04 bits per heavy atom. The van der Waals surface area contributed by atoms with Gasteiger partial charge in [-0.2, -0.15) is 0 Å². The standard InChI is InChI=1S/C21H30N2O4/c1-15-5-4-10-23(14-15)21(25)17-6-7-19(26-3)20(13-17)27-18-8-11-22(12-9-18)16(2)24/h6-7,13,15,18H,4-5,8-12,14H2,1-3H3/t15-/m1/s1. The number of ether oxygens (including phenoxy) is 2. The average molecular weight is 374 g/mol. The van der Waals surface area contributed by atoms with Crippen LogP contribution in [0.3, 0.4) is 0 Å². The topological polar surface area (TPSA) is 59.1 Å². The molecule has 2 aliphatic heterocycles. The maximum absolute atomic E-state index is 12.9. The van der Waals surface area contributed by atoms with E-state index in [2.05, 4.69) is 6.92 Å². The molecule has 148 valence electrons. The maximum Gasteiger partial charge on any atom is 0.254 e. The van der Waals surface area contributed by atoms with Crippen molar-refractivity contribution in [2.75, 3.05) is 33.3 Å². The predicted octanol–water partition coefficient (Wildman–Crippen LogP) is 2.96. The molecule has 3 rings (SSSR count). The Morgan fingerprint density at radius 2 is 1.78 bits per heavy atom. The van der Waals surface area contributed by atoms with E-state index in [1.807, 2.05) is 15.9 Å². The SMILES string of the molecule is COc1ccc(C(=O)N2CCC[C@@H](C)C2)cc1OC1CCN(C(C)=O)CC1. The first-order chi connectivity index (χ1) is 13.0. The molecule has 0 N–H and O–H groups in total. The molecule has 2 fully saturated rings. The fourth-order valence-electron chi connectivity index (χ4n) is 3.93. The smallest absolute Gasteiger partial charge is 0.254 e. The number of methoxy groups -OCH3 is 1. The van der Waals surface area contributed by atoms with Crippen LogP contribution in [0, 0.1) is 5.92 Å². The van der Waals surface area contributed by atoms with E-state index in [1.54, 1.807) is 26.2 Å². The number of carbonyl (C=O) groups excluding carboxylic acids is 2. The molecule has 2 saturated heterocycles. The molecule has 0 aliphatic carbocycles. The molecule has 6 heteroatoms. The number of likely N-dealkylation sites (tertiary alicyclic amines) is 2. The molecule has 1 aromatic rings. The van der Waals surface area contributed by atoms with Crippen LogP contribution in [0.5, 0.6) is 11.5 Å². The molecular weight excluding hydrogens is 344 g/mol. The summed E-state index contributed by atoms with van der Waals surface area (Å²) in [7, 11) is 1.61. The molecule has 0 radical (unpaired) electrons. The molecule has 2 heterocycles. The van der Waals surface area contributed by atoms with Crippen LogP contribution in [-0.4, -0.2) is 61.0 Å². The van der Waals surface area contributed by atoms with Crippen LogP contribution in [0.1, 0.15) is 49.9 Å². The maximum atomic E-state index is 12.9. The third-order valence-electron chi connectivity index (χ3n) is 5.54. The van der Waals surface area contributed by atoms with Gasteiger partial charge in [-0.05, 0) is 37.0 Å². The Kier molecular flexibility index (Phi) is 6.24. The highest BCUT2D eigenvalue weighted by atomic mass is 16.5. The summed E-state index contributed by atoms with van der Waals surface area (Å²) in [6.45, 7) is 6.81. The first kappa shape index (κ1) is 19.5. The summed E-state index contributed by atoms with van der Waals surface area (Å²) in [5.74, 6) is 1.94. The van der Waals surface area contributed by atoms with E-state index in [4.69, 9.17) is 9.47 Å². The van der Waals surface area contributed by atoms with E-state index in [-0.39, 0.29) is 17.9 Å². The second-order valence-electron chi connectivity index (χ2n) is 7.69. The third kappa shape index (κ3) is 4.73. The van der Waals surface area contributed by atoms with Crippen LogP contribution in [0.4, 0.5) is 0 Å². The van der Waals surface area contributed by atoms with Gasteiger partial charge in [0.25, 0.3) is 5.91 Å². The lowest BCUT2D eigenvalue weighted by Gasteiger charge is -2.32. The van der Waals surface area contributed by atoms with Gasteiger partial charge in [0, 0.05) is 51.5 Å². The zero-order valence-corrected chi connectivity index (χ0v) is 16.6. The second-order valence-corrected chi connectivity index (χ2v) is 7.69. The number of carbonyl (C=O) groups is 2. The van der Waals surface area contributed by atoms with Gasteiger partial charge in [-0.25, -0.2) is 0 Å². The third-order valence-corrected chi connectivity index (χ3v) is 5.54. The van der Waals surface area contributed by atoms with E-state index in [0.29, 0.717) is 36.1 Å². The fourth-order valence-corrected chi connectivity index (χ4v) is 3.93. The molecule has 1 aromatic carbocycles. The minimum absolute atomic E-state index is 0.0230. The Bertz CT molecular complexity index is 683. The molecule has 0 aromatic heterocycles. The highest BCUT2D eigenvalue weighted by Crippen LogP contribution is 2.31. The Labute approximate surface area is 161 Å². The van der Waals surface area contributed by atoms with Crippen LogP contribution in [0.25, 0.3) is 0 Å². The average Bonchev–Trinajstić information content (AvgIpc) is 2.68. The van der Waals surface area contributed by atoms with Crippen LogP contribution >= 0.6 is 0 Å². The van der Waals surface area contributed by atoms with E-state index in [1.165, 1.54) is 6.42 Å². The molecule has 0 saturated carbocycles. The molecule has 0 bridgehead atoms. The normalized spacial score (nSPS) is 21.1. The van der Waals surface area contributed by atoms with Crippen molar-refractivity contribution in [3.63, 3.8) is 0 Å². The van der Waals surface area contributed by atoms with Crippen LogP contribution < -0.4 is 9.47 Å². The van der Waals surface area contributed by atoms with Crippen molar-refractivity contribution in [3.05, 3.63) is 23.8 Å². The zero-order valence-electron chi connectivity index (χ0n) is 16.6. The van der Waals surface area contributed by atoms with Gasteiger partial charge < -0.3 is 19.3 Å². The van der Waals surface area contributed by atoms with Crippen LogP contribution in [-0.2, 0) is 4.79 Å². The highest BCUT2D eigenvalue weighted by molar-refractivity contribution is 5.95. The number of hydrogen-bond acceptors (Lipinski definition) is 4. The van der Waals surface area contributed by atoms with Gasteiger partial charge in [-0.1, -0.05) is 6.92 Å². The van der Waals surface area contributed by atoms with Gasteiger partial charge >= 0.3 is 0 Å². The molecular formula is C21H30N2O4. The monoisotopic (exact) mass is 374 g/mol. The number of nitrogens with zero attached hydrogens (tertiary/aromatic N) is 2. The van der Waals surface area contributed by atoms with Gasteiger partial charge in [0.2, 0.25) is 5.91 Å². The lowest BCUT2D eigenvalue weighted by molar-refractivity contribution is -0.130. The summed E-state index contributed by atoms with van der Waals surface area (Å²) in [6, 6.07) is 5.42. The minimum Gasteiger partial charge on any atom is -0.493 e. The molecule has 1 atom stereocenters. The number of benzene rings is 1. The van der Waals surface area contributed by atoms with Crippen molar-refractivity contribution < 1.29 is 19.1 Å². The summed E-state index contributed by atoms with van der Waals surface area (Å²) in [4.78, 5) is 28.2. The van der Waals surface area contributed by atoms with Crippen LogP contribution in [0.2, 0.25) is 0 Å². The largest absolute Gasteiger partial charge is 0.493 e. The van der Waals surface area contributed by atoms with E-state index >= 15 is 0 Å². The summed E-state index contributed by atoms with van der Waals surface area (Å²) in [6.07, 6.45) is 3.82. The Hall–Kier alpha value is -2.24. The van der Waals surface area contributed by atoms with Gasteiger partial charge in [-0.3, -0.25) is 9.59 Å². The number of piperidine rings is 2. The van der Waals surface area contributed by atoms with Gasteiger partial charge in [-0.15, -0.1) is 0 Å². The first-order valence-corrected chi connectivity index (χ1v) is 9.87. The van der Waals surface area contributed by atoms with E-state index in [9.17, 15) is 9.59 Å². The quantitative estimate of drug-likeness (QED) is 0.813. The van der Waals surface area contributed by atoms with Crippen LogP contribution in [0.15, 0.2) is 18.2 Å². The molecule has 0 unspecified atom stereocenters. The van der Waals surface area contributed by atoms with Crippen molar-refractivity contribution in [2.24, 2.45) is 5.92 Å². The van der Waals surface area contributed by atoms with Gasteiger partial charge in [0.1, 0.15) is 6.10 Å². The van der Waals surface area contributed by atoms with Crippen molar-refractivity contribution in [3.8, 4) is 11.5 Å². The van der Waals surface area contributed by atoms with E-state index in [0.717, 1.165) is 32.4 Å². The second kappa shape index (κ2) is 8.63. The Morgan fingerprint density at radius 3 is 2.41 bits per heavy atom. The Balaban J connectivity index is 1.70. The summed E-state index contributed by atoms with van der Waals surface area (Å²) in [5, 5.41) is 0. The van der Waals surface area contributed by atoms with E-state index < -0.39 is 0 Å². The number of rotatable bonds is 4. The number of hydrogen-bond donors (Lipinski definition) is 0. The molecule has 0 spiro atoms. The predicted molar refractivity (Wildman–Crippen MR) is 103 cm³/mol. The lowest BCUT2D eigenvalue weighted by atomic mass is 9.99. The zero-order chi connectivity index (χ0) is 19.4. The molecule has 2 aliphatic rings. The van der Waals surface area contributed by atoms with Crippen molar-refractivity contribution in [1.29, 1.82) is 0 Å². The molecule has 27 heavy (non-hydrogen) atoms. The highest BCUT2D eigenvalue weighted by Gasteiger charge is 2.25. The van der Waals surface area contributed by atoms with Crippen molar-refractivity contribution >= 4 is 11.8 Å². The van der Waals surface area contributed by atoms with Gasteiger partial charge in [0.05, 0.1) is 7.11 Å². The van der Waals surface area contributed by atoms with Crippen molar-refractivity contribution in [2.45, 2.75) is 45.6 Å². The van der Waals surface area contributed by atoms with Crippen molar-refractivity contribution in [1.82, 2.24) is 9.80 Å². The summed E-state index contributed by atoms with van der Waals surface area (Å²) in [5.41, 5.74) is 0.640. The summed E-state index contributed by atoms with van der Waals surface area (Å²) < 4.78 is 11.6. The molecule has 6 nitrogen and oxygen atoms in total. The summed E-state index contributed by atoms with van der Waals surface area (Å²) >= 11 is 0. The lowest BCUT2D eigenvalue weighted by Crippen LogP contribution is -2.40. The molecule has 2 amide bonds. The fraction of sp³-hybridized carbons (Fsp3) is 0.619. The number of amides is 2. The first-order valence-electron chi connectivity index (χ1n) is 9.87. The minimum atomic E-state index is 0.0230. The van der Waals surface area contributed by atoms with Gasteiger partial charge in [0.15, 0.2) is 11.5 Å².